The highest BCUT2D eigenvalue weighted by molar-refractivity contribution is 5.90. The van der Waals surface area contributed by atoms with Crippen LogP contribution in [0.1, 0.15) is 0 Å². The molecular formula is C7H11N2O2+. The van der Waals surface area contributed by atoms with Crippen LogP contribution in [-0.4, -0.2) is 32.1 Å². The number of hydrogen-bond donors (Lipinski definition) is 0. The number of carbonyl (C=O) groups is 1. The molecule has 4 heteroatoms. The molecule has 0 spiro atoms. The van der Waals surface area contributed by atoms with Gasteiger partial charge in [-0.05, 0) is 4.85 Å². The van der Waals surface area contributed by atoms with Crippen molar-refractivity contribution in [2.75, 3.05) is 21.2 Å². The zero-order valence-electron chi connectivity index (χ0n) is 6.87. The van der Waals surface area contributed by atoms with Gasteiger partial charge < -0.3 is 9.64 Å². The number of ether oxygens (including phenoxy) is 1. The minimum Gasteiger partial charge on any atom is -0.460 e. The van der Waals surface area contributed by atoms with Crippen LogP contribution >= 0.6 is 0 Å². The molecule has 0 aromatic carbocycles. The maximum atomic E-state index is 10.8. The first-order valence-electron chi connectivity index (χ1n) is 2.99. The van der Waals surface area contributed by atoms with E-state index in [1.165, 1.54) is 13.3 Å². The van der Waals surface area contributed by atoms with E-state index in [4.69, 9.17) is 6.57 Å². The van der Waals surface area contributed by atoms with Gasteiger partial charge in [0.2, 0.25) is 0 Å². The Bertz CT molecular complexity index is 213. The zero-order chi connectivity index (χ0) is 8.85. The van der Waals surface area contributed by atoms with Gasteiger partial charge in [-0.25, -0.2) is 4.79 Å². The molecule has 0 saturated carbocycles. The van der Waals surface area contributed by atoms with E-state index >= 15 is 0 Å². The number of carbonyl (C=O) groups excluding carboxylic acids is 1. The van der Waals surface area contributed by atoms with E-state index in [9.17, 15) is 4.79 Å². The molecule has 0 unspecified atom stereocenters. The normalized spacial score (nSPS) is 10.2. The fourth-order valence-corrected chi connectivity index (χ4v) is 0.488. The summed E-state index contributed by atoms with van der Waals surface area (Å²) < 4.78 is 4.40. The molecule has 0 aromatic rings. The Morgan fingerprint density at radius 1 is 1.64 bits per heavy atom. The number of nitrogens with zero attached hydrogens (tertiary/aromatic N) is 2. The van der Waals surface area contributed by atoms with Crippen LogP contribution in [0.2, 0.25) is 0 Å². The van der Waals surface area contributed by atoms with Crippen LogP contribution in [0, 0.1) is 6.57 Å². The maximum Gasteiger partial charge on any atom is 0.439 e. The van der Waals surface area contributed by atoms with Crippen LogP contribution in [0.5, 0.6) is 0 Å². The summed E-state index contributed by atoms with van der Waals surface area (Å²) in [7, 11) is 4.79. The molecule has 0 amide bonds. The van der Waals surface area contributed by atoms with Crippen LogP contribution in [0.3, 0.4) is 0 Å². The summed E-state index contributed by atoms with van der Waals surface area (Å²) in [5.74, 6) is -0.541. The topological polar surface area (TPSA) is 33.9 Å². The van der Waals surface area contributed by atoms with E-state index in [1.807, 2.05) is 0 Å². The molecule has 0 saturated heterocycles. The predicted molar refractivity (Wildman–Crippen MR) is 42.1 cm³/mol. The minimum atomic E-state index is -0.541. The second-order valence-electron chi connectivity index (χ2n) is 2.10. The van der Waals surface area contributed by atoms with Crippen molar-refractivity contribution in [1.82, 2.24) is 4.90 Å². The average molecular weight is 155 g/mol. The standard InChI is InChI=1S/C7H11N2O2/c1-8-6(5-9(2)3)7(10)11-4/h1,5H,2-4H3/q+1/b6-5+. The molecule has 0 aliphatic heterocycles. The largest absolute Gasteiger partial charge is 0.460 e. The van der Waals surface area contributed by atoms with E-state index in [0.29, 0.717) is 0 Å². The lowest BCUT2D eigenvalue weighted by molar-refractivity contribution is -0.135. The molecule has 0 rings (SSSR count). The van der Waals surface area contributed by atoms with Crippen LogP contribution in [-0.2, 0) is 9.53 Å². The molecule has 0 heterocycles. The highest BCUT2D eigenvalue weighted by Gasteiger charge is 2.19. The Hall–Kier alpha value is -1.50. The van der Waals surface area contributed by atoms with E-state index < -0.39 is 5.97 Å². The predicted octanol–water partition coefficient (Wildman–Crippen LogP) is 0.525. The average Bonchev–Trinajstić information content (AvgIpc) is 1.98. The summed E-state index contributed by atoms with van der Waals surface area (Å²) in [5, 5.41) is 0. The molecule has 0 N–H and O–H groups in total. The number of hydrogen-bond acceptors (Lipinski definition) is 3. The lowest BCUT2D eigenvalue weighted by atomic mass is 10.5. The van der Waals surface area contributed by atoms with Crippen molar-refractivity contribution in [1.29, 1.82) is 0 Å². The Kier molecular flexibility index (Phi) is 3.75. The second-order valence-corrected chi connectivity index (χ2v) is 2.10. The van der Waals surface area contributed by atoms with Crippen molar-refractivity contribution in [2.24, 2.45) is 0 Å². The van der Waals surface area contributed by atoms with Gasteiger partial charge in [-0.2, -0.15) is 0 Å². The Morgan fingerprint density at radius 3 is 2.45 bits per heavy atom. The molecule has 0 aliphatic rings. The number of esters is 1. The van der Waals surface area contributed by atoms with Crippen LogP contribution in [0.15, 0.2) is 11.9 Å². The first-order valence-corrected chi connectivity index (χ1v) is 2.99. The van der Waals surface area contributed by atoms with E-state index in [0.717, 1.165) is 0 Å². The quantitative estimate of drug-likeness (QED) is 0.430. The smallest absolute Gasteiger partial charge is 0.439 e. The summed E-state index contributed by atoms with van der Waals surface area (Å²) in [5.41, 5.74) is 0.0949. The fourth-order valence-electron chi connectivity index (χ4n) is 0.488. The minimum absolute atomic E-state index is 0.0949. The molecular weight excluding hydrogens is 144 g/mol. The van der Waals surface area contributed by atoms with Gasteiger partial charge in [-0.15, -0.1) is 0 Å². The molecule has 60 valence electrons. The Labute approximate surface area is 65.9 Å². The first-order chi connectivity index (χ1) is 5.11. The molecule has 0 aliphatic carbocycles. The molecule has 11 heavy (non-hydrogen) atoms. The third-order valence-electron chi connectivity index (χ3n) is 0.914. The van der Waals surface area contributed by atoms with Gasteiger partial charge in [0.25, 0.3) is 6.57 Å². The lowest BCUT2D eigenvalue weighted by Gasteiger charge is -1.99. The van der Waals surface area contributed by atoms with Crippen LogP contribution < -0.4 is 0 Å². The first kappa shape index (κ1) is 9.50. The second kappa shape index (κ2) is 4.34. The SMILES string of the molecule is C#[N+]/C(=C/N(C)C)C(=O)OC. The highest BCUT2D eigenvalue weighted by Crippen LogP contribution is 1.99. The molecule has 4 nitrogen and oxygen atoms in total. The van der Waals surface area contributed by atoms with Crippen molar-refractivity contribution in [2.45, 2.75) is 0 Å². The molecule has 0 fully saturated rings. The zero-order valence-corrected chi connectivity index (χ0v) is 6.87. The van der Waals surface area contributed by atoms with Gasteiger partial charge in [-0.1, -0.05) is 0 Å². The van der Waals surface area contributed by atoms with Crippen LogP contribution in [0.25, 0.3) is 4.85 Å². The van der Waals surface area contributed by atoms with E-state index in [-0.39, 0.29) is 5.70 Å². The van der Waals surface area contributed by atoms with Crippen molar-refractivity contribution < 1.29 is 9.53 Å². The summed E-state index contributed by atoms with van der Waals surface area (Å²) >= 11 is 0. The van der Waals surface area contributed by atoms with Gasteiger partial charge in [0.05, 0.1) is 13.3 Å². The van der Waals surface area contributed by atoms with Gasteiger partial charge >= 0.3 is 11.7 Å². The van der Waals surface area contributed by atoms with Crippen molar-refractivity contribution in [3.05, 3.63) is 16.7 Å². The van der Waals surface area contributed by atoms with Crippen molar-refractivity contribution in [3.8, 4) is 6.57 Å². The Balaban J connectivity index is 4.43. The number of methoxy groups -OCH3 is 1. The molecule has 0 radical (unpaired) electrons. The van der Waals surface area contributed by atoms with E-state index in [2.05, 4.69) is 9.58 Å². The monoisotopic (exact) mass is 155 g/mol. The van der Waals surface area contributed by atoms with Gasteiger partial charge in [0, 0.05) is 14.1 Å². The number of rotatable bonds is 2. The van der Waals surface area contributed by atoms with Gasteiger partial charge in [-0.3, -0.25) is 0 Å². The molecule has 0 bridgehead atoms. The maximum absolute atomic E-state index is 10.8. The molecule has 0 atom stereocenters. The summed E-state index contributed by atoms with van der Waals surface area (Å²) in [4.78, 5) is 15.7. The van der Waals surface area contributed by atoms with E-state index in [1.54, 1.807) is 19.0 Å². The Morgan fingerprint density at radius 2 is 2.18 bits per heavy atom. The third kappa shape index (κ3) is 3.26. The molecule has 0 aromatic heterocycles. The highest BCUT2D eigenvalue weighted by atomic mass is 16.5. The van der Waals surface area contributed by atoms with Crippen molar-refractivity contribution >= 4 is 5.97 Å². The third-order valence-corrected chi connectivity index (χ3v) is 0.914. The lowest BCUT2D eigenvalue weighted by Crippen LogP contribution is -2.08. The van der Waals surface area contributed by atoms with Gasteiger partial charge in [0.15, 0.2) is 0 Å². The van der Waals surface area contributed by atoms with Crippen molar-refractivity contribution in [3.63, 3.8) is 0 Å². The summed E-state index contributed by atoms with van der Waals surface area (Å²) in [6.45, 7) is 4.93. The van der Waals surface area contributed by atoms with Crippen LogP contribution in [0.4, 0.5) is 0 Å². The summed E-state index contributed by atoms with van der Waals surface area (Å²) in [6, 6.07) is 0. The van der Waals surface area contributed by atoms with Gasteiger partial charge in [0.1, 0.15) is 0 Å². The fraction of sp³-hybridized carbons (Fsp3) is 0.429. The summed E-state index contributed by atoms with van der Waals surface area (Å²) in [6.07, 6.45) is 1.48.